The van der Waals surface area contributed by atoms with Gasteiger partial charge in [-0.3, -0.25) is 9.69 Å². The quantitative estimate of drug-likeness (QED) is 0.624. The first-order valence-corrected chi connectivity index (χ1v) is 8.96. The second-order valence-electron chi connectivity index (χ2n) is 6.51. The maximum atomic E-state index is 12.9. The zero-order valence-electron chi connectivity index (χ0n) is 15.4. The molecule has 0 N–H and O–H groups in total. The zero-order valence-corrected chi connectivity index (χ0v) is 16.2. The Bertz CT molecular complexity index is 738. The van der Waals surface area contributed by atoms with Crippen molar-refractivity contribution in [3.05, 3.63) is 59.9 Å². The second kappa shape index (κ2) is 10.3. The van der Waals surface area contributed by atoms with E-state index in [1.807, 2.05) is 24.3 Å². The standard InChI is InChI=1S/C21H24FNO3.ClH/c1-25-20-6-2-3-7-21(20)26-18-12-14-23(15-18)13-4-5-19(24)16-8-10-17(22)11-9-16;/h2-3,6-11,18H,4-5,12-15H2,1H3;1H. The summed E-state index contributed by atoms with van der Waals surface area (Å²) in [6.07, 6.45) is 2.36. The van der Waals surface area contributed by atoms with Gasteiger partial charge in [0.1, 0.15) is 11.9 Å². The van der Waals surface area contributed by atoms with Crippen molar-refractivity contribution in [1.82, 2.24) is 4.90 Å². The summed E-state index contributed by atoms with van der Waals surface area (Å²) in [5.74, 6) is 1.26. The first-order valence-electron chi connectivity index (χ1n) is 8.96. The number of carbonyl (C=O) groups excluding carboxylic acids is 1. The number of Topliss-reactive ketones (excluding diaryl/α,β-unsaturated/α-hetero) is 1. The van der Waals surface area contributed by atoms with Crippen LogP contribution in [-0.2, 0) is 0 Å². The predicted molar refractivity (Wildman–Crippen MR) is 106 cm³/mol. The van der Waals surface area contributed by atoms with Crippen molar-refractivity contribution in [3.8, 4) is 11.5 Å². The highest BCUT2D eigenvalue weighted by Gasteiger charge is 2.24. The molecule has 0 radical (unpaired) electrons. The molecule has 0 saturated carbocycles. The Hall–Kier alpha value is -2.11. The van der Waals surface area contributed by atoms with Gasteiger partial charge >= 0.3 is 0 Å². The minimum Gasteiger partial charge on any atom is -0.493 e. The minimum atomic E-state index is -0.320. The average molecular weight is 394 g/mol. The fourth-order valence-corrected chi connectivity index (χ4v) is 3.24. The summed E-state index contributed by atoms with van der Waals surface area (Å²) in [4.78, 5) is 14.4. The number of para-hydroxylation sites is 2. The molecule has 0 spiro atoms. The lowest BCUT2D eigenvalue weighted by Crippen LogP contribution is -2.26. The third-order valence-electron chi connectivity index (χ3n) is 4.64. The molecule has 2 aromatic carbocycles. The van der Waals surface area contributed by atoms with Gasteiger partial charge < -0.3 is 9.47 Å². The van der Waals surface area contributed by atoms with E-state index in [9.17, 15) is 9.18 Å². The van der Waals surface area contributed by atoms with Crippen LogP contribution in [0.4, 0.5) is 4.39 Å². The van der Waals surface area contributed by atoms with Crippen LogP contribution in [-0.4, -0.2) is 43.5 Å². The number of likely N-dealkylation sites (tertiary alicyclic amines) is 1. The van der Waals surface area contributed by atoms with Gasteiger partial charge in [0, 0.05) is 25.1 Å². The fourth-order valence-electron chi connectivity index (χ4n) is 3.24. The smallest absolute Gasteiger partial charge is 0.162 e. The SMILES string of the molecule is COc1ccccc1OC1CCN(CCCC(=O)c2ccc(F)cc2)C1.Cl. The van der Waals surface area contributed by atoms with Crippen LogP contribution in [0.3, 0.4) is 0 Å². The molecule has 4 nitrogen and oxygen atoms in total. The van der Waals surface area contributed by atoms with Crippen molar-refractivity contribution in [1.29, 1.82) is 0 Å². The number of benzene rings is 2. The number of rotatable bonds is 8. The largest absolute Gasteiger partial charge is 0.493 e. The van der Waals surface area contributed by atoms with Gasteiger partial charge in [0.05, 0.1) is 7.11 Å². The Morgan fingerprint density at radius 3 is 2.56 bits per heavy atom. The Morgan fingerprint density at radius 2 is 1.85 bits per heavy atom. The number of ether oxygens (including phenoxy) is 2. The van der Waals surface area contributed by atoms with E-state index >= 15 is 0 Å². The van der Waals surface area contributed by atoms with Gasteiger partial charge in [-0.1, -0.05) is 12.1 Å². The van der Waals surface area contributed by atoms with E-state index < -0.39 is 0 Å². The minimum absolute atomic E-state index is 0. The summed E-state index contributed by atoms with van der Waals surface area (Å²) in [7, 11) is 1.64. The maximum absolute atomic E-state index is 12.9. The zero-order chi connectivity index (χ0) is 18.4. The Balaban J connectivity index is 0.00000261. The molecular formula is C21H25ClFNO3. The molecule has 0 aliphatic carbocycles. The molecule has 6 heteroatoms. The highest BCUT2D eigenvalue weighted by molar-refractivity contribution is 5.95. The van der Waals surface area contributed by atoms with Crippen LogP contribution >= 0.6 is 12.4 Å². The van der Waals surface area contributed by atoms with E-state index in [4.69, 9.17) is 9.47 Å². The Labute approximate surface area is 165 Å². The number of carbonyl (C=O) groups is 1. The van der Waals surface area contributed by atoms with Crippen LogP contribution in [0.25, 0.3) is 0 Å². The van der Waals surface area contributed by atoms with Crippen molar-refractivity contribution in [2.45, 2.75) is 25.4 Å². The highest BCUT2D eigenvalue weighted by Crippen LogP contribution is 2.28. The molecule has 1 aliphatic rings. The molecule has 146 valence electrons. The van der Waals surface area contributed by atoms with Gasteiger partial charge in [-0.2, -0.15) is 0 Å². The fraction of sp³-hybridized carbons (Fsp3) is 0.381. The summed E-state index contributed by atoms with van der Waals surface area (Å²) in [6, 6.07) is 13.4. The molecule has 2 aromatic rings. The third-order valence-corrected chi connectivity index (χ3v) is 4.64. The molecule has 1 aliphatic heterocycles. The lowest BCUT2D eigenvalue weighted by atomic mass is 10.1. The normalized spacial score (nSPS) is 16.6. The van der Waals surface area contributed by atoms with E-state index in [0.29, 0.717) is 12.0 Å². The molecule has 0 amide bonds. The Kier molecular flexibility index (Phi) is 8.07. The van der Waals surface area contributed by atoms with Crippen LogP contribution in [0.15, 0.2) is 48.5 Å². The van der Waals surface area contributed by atoms with Crippen LogP contribution in [0.5, 0.6) is 11.5 Å². The number of methoxy groups -OCH3 is 1. The van der Waals surface area contributed by atoms with Crippen molar-refractivity contribution in [2.75, 3.05) is 26.7 Å². The summed E-state index contributed by atoms with van der Waals surface area (Å²) in [6.45, 7) is 2.67. The average Bonchev–Trinajstić information content (AvgIpc) is 3.10. The summed E-state index contributed by atoms with van der Waals surface area (Å²) in [5.41, 5.74) is 0.574. The van der Waals surface area contributed by atoms with Crippen LogP contribution in [0, 0.1) is 5.82 Å². The molecule has 0 bridgehead atoms. The predicted octanol–water partition coefficient (Wildman–Crippen LogP) is 4.37. The van der Waals surface area contributed by atoms with Crippen molar-refractivity contribution >= 4 is 18.2 Å². The molecule has 0 aromatic heterocycles. The van der Waals surface area contributed by atoms with Gasteiger partial charge in [0.2, 0.25) is 0 Å². The van der Waals surface area contributed by atoms with Crippen LogP contribution in [0.1, 0.15) is 29.6 Å². The monoisotopic (exact) mass is 393 g/mol. The van der Waals surface area contributed by atoms with E-state index in [-0.39, 0.29) is 30.1 Å². The first kappa shape index (κ1) is 21.2. The molecule has 1 unspecified atom stereocenters. The number of hydrogen-bond acceptors (Lipinski definition) is 4. The molecule has 1 atom stereocenters. The van der Waals surface area contributed by atoms with E-state index in [0.717, 1.165) is 44.0 Å². The molecule has 1 heterocycles. The summed E-state index contributed by atoms with van der Waals surface area (Å²) >= 11 is 0. The highest BCUT2D eigenvalue weighted by atomic mass is 35.5. The van der Waals surface area contributed by atoms with Gasteiger partial charge in [0.15, 0.2) is 17.3 Å². The van der Waals surface area contributed by atoms with E-state index in [1.165, 1.54) is 12.1 Å². The molecule has 27 heavy (non-hydrogen) atoms. The molecular weight excluding hydrogens is 369 g/mol. The number of hydrogen-bond donors (Lipinski definition) is 0. The Morgan fingerprint density at radius 1 is 1.15 bits per heavy atom. The third kappa shape index (κ3) is 5.94. The van der Waals surface area contributed by atoms with Gasteiger partial charge in [-0.05, 0) is 55.8 Å². The van der Waals surface area contributed by atoms with Crippen molar-refractivity contribution < 1.29 is 18.7 Å². The van der Waals surface area contributed by atoms with Gasteiger partial charge in [-0.15, -0.1) is 12.4 Å². The lowest BCUT2D eigenvalue weighted by molar-refractivity contribution is 0.0975. The molecule has 1 saturated heterocycles. The molecule has 3 rings (SSSR count). The van der Waals surface area contributed by atoms with E-state index in [1.54, 1.807) is 19.2 Å². The maximum Gasteiger partial charge on any atom is 0.162 e. The number of nitrogens with zero attached hydrogens (tertiary/aromatic N) is 1. The summed E-state index contributed by atoms with van der Waals surface area (Å²) in [5, 5.41) is 0. The first-order chi connectivity index (χ1) is 12.7. The van der Waals surface area contributed by atoms with Crippen LogP contribution < -0.4 is 9.47 Å². The second-order valence-corrected chi connectivity index (χ2v) is 6.51. The topological polar surface area (TPSA) is 38.8 Å². The van der Waals surface area contributed by atoms with Gasteiger partial charge in [-0.25, -0.2) is 4.39 Å². The van der Waals surface area contributed by atoms with Crippen molar-refractivity contribution in [3.63, 3.8) is 0 Å². The lowest BCUT2D eigenvalue weighted by Gasteiger charge is -2.18. The van der Waals surface area contributed by atoms with Crippen LogP contribution in [0.2, 0.25) is 0 Å². The van der Waals surface area contributed by atoms with E-state index in [2.05, 4.69) is 4.90 Å². The van der Waals surface area contributed by atoms with Gasteiger partial charge in [0.25, 0.3) is 0 Å². The summed E-state index contributed by atoms with van der Waals surface area (Å²) < 4.78 is 24.3. The number of ketones is 1. The number of halogens is 2. The molecule has 1 fully saturated rings. The van der Waals surface area contributed by atoms with Crippen molar-refractivity contribution in [2.24, 2.45) is 0 Å².